The highest BCUT2D eigenvalue weighted by Crippen LogP contribution is 2.35. The van der Waals surface area contributed by atoms with Gasteiger partial charge in [-0.05, 0) is 49.4 Å². The molecule has 4 heterocycles. The Morgan fingerprint density at radius 1 is 1.03 bits per heavy atom. The van der Waals surface area contributed by atoms with Gasteiger partial charge in [-0.15, -0.1) is 0 Å². The topological polar surface area (TPSA) is 79.3 Å². The van der Waals surface area contributed by atoms with Gasteiger partial charge in [0.2, 0.25) is 11.8 Å². The van der Waals surface area contributed by atoms with Gasteiger partial charge in [-0.1, -0.05) is 30.3 Å². The van der Waals surface area contributed by atoms with Gasteiger partial charge in [0.25, 0.3) is 0 Å². The molecule has 5 rings (SSSR count). The van der Waals surface area contributed by atoms with E-state index in [1.54, 1.807) is 17.3 Å². The van der Waals surface area contributed by atoms with Gasteiger partial charge < -0.3 is 4.90 Å². The summed E-state index contributed by atoms with van der Waals surface area (Å²) in [6.07, 6.45) is 6.61. The molecule has 2 aliphatic rings. The van der Waals surface area contributed by atoms with Crippen LogP contribution in [0.15, 0.2) is 54.9 Å². The number of aryl methyl sites for hydroxylation is 1. The van der Waals surface area contributed by atoms with Crippen LogP contribution in [0.2, 0.25) is 0 Å². The predicted octanol–water partition coefficient (Wildman–Crippen LogP) is 3.57. The van der Waals surface area contributed by atoms with Crippen molar-refractivity contribution in [1.29, 1.82) is 0 Å². The predicted molar refractivity (Wildman–Crippen MR) is 124 cm³/mol. The van der Waals surface area contributed by atoms with Crippen LogP contribution in [-0.2, 0) is 29.0 Å². The SMILES string of the molecule is Cc1nc([C@@H]2CCCN2C(=O)Cc2ccncc2)nc2c1CCC(=O)N2Cc1ccccc1. The molecule has 0 saturated carbocycles. The highest BCUT2D eigenvalue weighted by Gasteiger charge is 2.35. The lowest BCUT2D eigenvalue weighted by atomic mass is 10.0. The molecule has 0 unspecified atom stereocenters. The van der Waals surface area contributed by atoms with Crippen LogP contribution in [0.3, 0.4) is 0 Å². The van der Waals surface area contributed by atoms with Gasteiger partial charge in [-0.25, -0.2) is 9.97 Å². The highest BCUT2D eigenvalue weighted by atomic mass is 16.2. The summed E-state index contributed by atoms with van der Waals surface area (Å²) < 4.78 is 0. The number of nitrogens with zero attached hydrogens (tertiary/aromatic N) is 5. The van der Waals surface area contributed by atoms with E-state index in [9.17, 15) is 9.59 Å². The maximum atomic E-state index is 13.1. The van der Waals surface area contributed by atoms with E-state index < -0.39 is 0 Å². The maximum Gasteiger partial charge on any atom is 0.228 e. The Hall–Kier alpha value is -3.61. The first-order chi connectivity index (χ1) is 16.1. The average Bonchev–Trinajstić information content (AvgIpc) is 3.32. The van der Waals surface area contributed by atoms with Crippen LogP contribution in [0.5, 0.6) is 0 Å². The van der Waals surface area contributed by atoms with Crippen molar-refractivity contribution in [3.8, 4) is 0 Å². The molecule has 1 fully saturated rings. The molecule has 2 aromatic heterocycles. The van der Waals surface area contributed by atoms with Crippen LogP contribution < -0.4 is 4.90 Å². The molecule has 3 aromatic rings. The van der Waals surface area contributed by atoms with E-state index in [4.69, 9.17) is 9.97 Å². The van der Waals surface area contributed by atoms with Crippen molar-refractivity contribution >= 4 is 17.6 Å². The van der Waals surface area contributed by atoms with Crippen LogP contribution >= 0.6 is 0 Å². The number of amides is 2. The highest BCUT2D eigenvalue weighted by molar-refractivity contribution is 5.95. The number of carbonyl (C=O) groups is 2. The number of hydrogen-bond acceptors (Lipinski definition) is 5. The van der Waals surface area contributed by atoms with E-state index >= 15 is 0 Å². The van der Waals surface area contributed by atoms with Crippen LogP contribution in [0.1, 0.15) is 53.5 Å². The van der Waals surface area contributed by atoms with E-state index in [0.717, 1.165) is 35.2 Å². The van der Waals surface area contributed by atoms with Gasteiger partial charge in [0.15, 0.2) is 5.82 Å². The molecule has 0 N–H and O–H groups in total. The molecule has 2 aliphatic heterocycles. The van der Waals surface area contributed by atoms with Crippen LogP contribution in [0.4, 0.5) is 5.82 Å². The normalized spacial score (nSPS) is 17.8. The fraction of sp³-hybridized carbons (Fsp3) is 0.346. The fourth-order valence-electron chi connectivity index (χ4n) is 4.79. The molecule has 7 nitrogen and oxygen atoms in total. The van der Waals surface area contributed by atoms with E-state index in [0.29, 0.717) is 44.0 Å². The first-order valence-electron chi connectivity index (χ1n) is 11.5. The summed E-state index contributed by atoms with van der Waals surface area (Å²) in [6.45, 7) is 3.16. The van der Waals surface area contributed by atoms with Crippen molar-refractivity contribution in [3.05, 3.63) is 83.1 Å². The number of anilines is 1. The maximum absolute atomic E-state index is 13.1. The van der Waals surface area contributed by atoms with Crippen molar-refractivity contribution < 1.29 is 9.59 Å². The Kier molecular flexibility index (Phi) is 5.86. The minimum absolute atomic E-state index is 0.0693. The molecule has 0 spiro atoms. The third kappa shape index (κ3) is 4.35. The Morgan fingerprint density at radius 2 is 1.82 bits per heavy atom. The Labute approximate surface area is 193 Å². The van der Waals surface area contributed by atoms with Crippen molar-refractivity contribution in [2.24, 2.45) is 0 Å². The quantitative estimate of drug-likeness (QED) is 0.605. The summed E-state index contributed by atoms with van der Waals surface area (Å²) in [5, 5.41) is 0. The third-order valence-electron chi connectivity index (χ3n) is 6.51. The lowest BCUT2D eigenvalue weighted by Crippen LogP contribution is -2.37. The molecule has 7 heteroatoms. The summed E-state index contributed by atoms with van der Waals surface area (Å²) in [6, 6.07) is 13.5. The van der Waals surface area contributed by atoms with Gasteiger partial charge in [0, 0.05) is 36.6 Å². The Bertz CT molecular complexity index is 1170. The zero-order chi connectivity index (χ0) is 22.8. The van der Waals surface area contributed by atoms with Gasteiger partial charge in [0.1, 0.15) is 5.82 Å². The molecule has 1 saturated heterocycles. The fourth-order valence-corrected chi connectivity index (χ4v) is 4.79. The molecule has 2 amide bonds. The second kappa shape index (κ2) is 9.10. The Balaban J connectivity index is 1.45. The first-order valence-corrected chi connectivity index (χ1v) is 11.5. The van der Waals surface area contributed by atoms with E-state index in [-0.39, 0.29) is 17.9 Å². The van der Waals surface area contributed by atoms with Gasteiger partial charge >= 0.3 is 0 Å². The molecular formula is C26H27N5O2. The van der Waals surface area contributed by atoms with Crippen LogP contribution in [-0.4, -0.2) is 38.2 Å². The van der Waals surface area contributed by atoms with Crippen molar-refractivity contribution in [2.45, 2.75) is 51.6 Å². The lowest BCUT2D eigenvalue weighted by molar-refractivity contribution is -0.131. The number of fused-ring (bicyclic) bond motifs is 1. The van der Waals surface area contributed by atoms with Crippen molar-refractivity contribution in [2.75, 3.05) is 11.4 Å². The molecule has 0 bridgehead atoms. The number of carbonyl (C=O) groups excluding carboxylic acids is 2. The van der Waals surface area contributed by atoms with Crippen molar-refractivity contribution in [3.63, 3.8) is 0 Å². The number of aromatic nitrogens is 3. The lowest BCUT2D eigenvalue weighted by Gasteiger charge is -2.31. The second-order valence-electron chi connectivity index (χ2n) is 8.71. The summed E-state index contributed by atoms with van der Waals surface area (Å²) in [5.41, 5.74) is 3.94. The van der Waals surface area contributed by atoms with Crippen LogP contribution in [0.25, 0.3) is 0 Å². The third-order valence-corrected chi connectivity index (χ3v) is 6.51. The van der Waals surface area contributed by atoms with Gasteiger partial charge in [0.05, 0.1) is 19.0 Å². The summed E-state index contributed by atoms with van der Waals surface area (Å²) in [5.74, 6) is 1.48. The summed E-state index contributed by atoms with van der Waals surface area (Å²) in [4.78, 5) is 43.4. The standard InChI is InChI=1S/C26H27N5O2/c1-18-21-9-10-23(32)31(17-20-6-3-2-4-7-20)26(21)29-25(28-18)22-8-5-15-30(22)24(33)16-19-11-13-27-14-12-19/h2-4,6-7,11-14,22H,5,8-10,15-17H2,1H3/t22-/m0/s1. The second-order valence-corrected chi connectivity index (χ2v) is 8.71. The molecule has 1 atom stereocenters. The molecular weight excluding hydrogens is 414 g/mol. The zero-order valence-electron chi connectivity index (χ0n) is 18.8. The van der Waals surface area contributed by atoms with Gasteiger partial charge in [-0.2, -0.15) is 0 Å². The molecule has 0 radical (unpaired) electrons. The minimum atomic E-state index is -0.168. The van der Waals surface area contributed by atoms with E-state index in [1.165, 1.54) is 0 Å². The Morgan fingerprint density at radius 3 is 2.61 bits per heavy atom. The number of rotatable bonds is 5. The average molecular weight is 442 g/mol. The number of likely N-dealkylation sites (tertiary alicyclic amines) is 1. The smallest absolute Gasteiger partial charge is 0.228 e. The largest absolute Gasteiger partial charge is 0.332 e. The van der Waals surface area contributed by atoms with Gasteiger partial charge in [-0.3, -0.25) is 19.5 Å². The van der Waals surface area contributed by atoms with E-state index in [1.807, 2.05) is 54.3 Å². The first kappa shape index (κ1) is 21.2. The zero-order valence-corrected chi connectivity index (χ0v) is 18.8. The van der Waals surface area contributed by atoms with E-state index in [2.05, 4.69) is 4.98 Å². The van der Waals surface area contributed by atoms with Crippen molar-refractivity contribution in [1.82, 2.24) is 19.9 Å². The molecule has 0 aliphatic carbocycles. The minimum Gasteiger partial charge on any atom is -0.332 e. The number of pyridine rings is 1. The molecule has 168 valence electrons. The monoisotopic (exact) mass is 441 g/mol. The number of benzene rings is 1. The summed E-state index contributed by atoms with van der Waals surface area (Å²) >= 11 is 0. The van der Waals surface area contributed by atoms with Crippen LogP contribution in [0, 0.1) is 6.92 Å². The number of hydrogen-bond donors (Lipinski definition) is 0. The molecule has 33 heavy (non-hydrogen) atoms. The molecule has 1 aromatic carbocycles. The summed E-state index contributed by atoms with van der Waals surface area (Å²) in [7, 11) is 0.